The lowest BCUT2D eigenvalue weighted by Gasteiger charge is -2.13. The van der Waals surface area contributed by atoms with E-state index in [-0.39, 0.29) is 0 Å². The number of benzene rings is 3. The maximum absolute atomic E-state index is 12.0. The Kier molecular flexibility index (Phi) is 7.55. The van der Waals surface area contributed by atoms with E-state index in [9.17, 15) is 4.79 Å². The zero-order chi connectivity index (χ0) is 22.4. The molecule has 0 unspecified atom stereocenters. The lowest BCUT2D eigenvalue weighted by atomic mass is 10.1. The molecule has 160 valence electrons. The molecule has 0 spiro atoms. The zero-order valence-electron chi connectivity index (χ0n) is 17.5. The average Bonchev–Trinajstić information content (AvgIpc) is 2.71. The van der Waals surface area contributed by atoms with E-state index in [4.69, 9.17) is 27.9 Å². The summed E-state index contributed by atoms with van der Waals surface area (Å²) in [4.78, 5) is 12.0. The van der Waals surface area contributed by atoms with Gasteiger partial charge in [-0.2, -0.15) is 5.10 Å². The fourth-order valence-corrected chi connectivity index (χ4v) is 3.35. The Balaban J connectivity index is 1.59. The minimum Gasteiger partial charge on any atom is -0.488 e. The molecule has 0 aliphatic heterocycles. The molecule has 0 aliphatic carbocycles. The van der Waals surface area contributed by atoms with Gasteiger partial charge in [0.25, 0.3) is 0 Å². The summed E-state index contributed by atoms with van der Waals surface area (Å²) in [5.41, 5.74) is 8.01. The van der Waals surface area contributed by atoms with Gasteiger partial charge in [-0.05, 0) is 79.4 Å². The van der Waals surface area contributed by atoms with Crippen molar-refractivity contribution in [2.24, 2.45) is 5.10 Å². The van der Waals surface area contributed by atoms with Gasteiger partial charge in [-0.25, -0.2) is 10.2 Å². The van der Waals surface area contributed by atoms with Crippen molar-refractivity contribution in [3.05, 3.63) is 92.5 Å². The standard InChI is InChI=1S/C24H23Cl2N3O2/c1-15-4-7-20(8-5-15)28-24(30)29-27-13-19-10-16(2)23(17(3)11-19)31-14-18-6-9-21(25)22(26)12-18/h4-13H,14H2,1-3H3,(H2,28,29,30)/b27-13-. The van der Waals surface area contributed by atoms with Crippen LogP contribution >= 0.6 is 23.2 Å². The van der Waals surface area contributed by atoms with Crippen LogP contribution < -0.4 is 15.5 Å². The molecule has 0 aliphatic rings. The first-order valence-corrected chi connectivity index (χ1v) is 10.4. The molecule has 3 aromatic carbocycles. The lowest BCUT2D eigenvalue weighted by Crippen LogP contribution is -2.24. The van der Waals surface area contributed by atoms with Gasteiger partial charge in [0, 0.05) is 5.69 Å². The molecule has 31 heavy (non-hydrogen) atoms. The molecule has 0 saturated heterocycles. The number of urea groups is 1. The normalized spacial score (nSPS) is 10.9. The number of ether oxygens (including phenoxy) is 1. The Hall–Kier alpha value is -3.02. The van der Waals surface area contributed by atoms with Crippen molar-refractivity contribution in [1.29, 1.82) is 0 Å². The van der Waals surface area contributed by atoms with E-state index in [1.807, 2.05) is 63.2 Å². The Labute approximate surface area is 192 Å². The van der Waals surface area contributed by atoms with Gasteiger partial charge in [0.15, 0.2) is 0 Å². The quantitative estimate of drug-likeness (QED) is 0.322. The first kappa shape index (κ1) is 22.7. The highest BCUT2D eigenvalue weighted by atomic mass is 35.5. The van der Waals surface area contributed by atoms with Gasteiger partial charge in [0.2, 0.25) is 0 Å². The third-order valence-electron chi connectivity index (χ3n) is 4.54. The predicted molar refractivity (Wildman–Crippen MR) is 128 cm³/mol. The number of aryl methyl sites for hydroxylation is 3. The minimum absolute atomic E-state index is 0.382. The summed E-state index contributed by atoms with van der Waals surface area (Å²) >= 11 is 12.0. The minimum atomic E-state index is -0.407. The number of carbonyl (C=O) groups excluding carboxylic acids is 1. The molecule has 0 saturated carbocycles. The van der Waals surface area contributed by atoms with Gasteiger partial charge < -0.3 is 10.1 Å². The smallest absolute Gasteiger partial charge is 0.339 e. The second-order valence-electron chi connectivity index (χ2n) is 7.21. The van der Waals surface area contributed by atoms with Crippen molar-refractivity contribution in [2.75, 3.05) is 5.32 Å². The molecular formula is C24H23Cl2N3O2. The van der Waals surface area contributed by atoms with Crippen molar-refractivity contribution in [3.63, 3.8) is 0 Å². The van der Waals surface area contributed by atoms with E-state index in [0.717, 1.165) is 33.6 Å². The van der Waals surface area contributed by atoms with Gasteiger partial charge in [-0.15, -0.1) is 0 Å². The van der Waals surface area contributed by atoms with E-state index < -0.39 is 6.03 Å². The number of nitrogens with zero attached hydrogens (tertiary/aromatic N) is 1. The van der Waals surface area contributed by atoms with E-state index in [1.165, 1.54) is 0 Å². The van der Waals surface area contributed by atoms with E-state index in [2.05, 4.69) is 15.8 Å². The first-order valence-electron chi connectivity index (χ1n) is 9.66. The monoisotopic (exact) mass is 455 g/mol. The van der Waals surface area contributed by atoms with Gasteiger partial charge in [0.1, 0.15) is 12.4 Å². The second kappa shape index (κ2) is 10.3. The van der Waals surface area contributed by atoms with Crippen LogP contribution in [-0.2, 0) is 6.61 Å². The fourth-order valence-electron chi connectivity index (χ4n) is 3.03. The van der Waals surface area contributed by atoms with Crippen LogP contribution in [-0.4, -0.2) is 12.2 Å². The number of nitrogens with one attached hydrogen (secondary N) is 2. The van der Waals surface area contributed by atoms with Gasteiger partial charge >= 0.3 is 6.03 Å². The Morgan fingerprint density at radius 2 is 1.65 bits per heavy atom. The van der Waals surface area contributed by atoms with Crippen molar-refractivity contribution in [3.8, 4) is 5.75 Å². The Bertz CT molecular complexity index is 1090. The number of amides is 2. The SMILES string of the molecule is Cc1ccc(NC(=O)N/N=C\c2cc(C)c(OCc3ccc(Cl)c(Cl)c3)c(C)c2)cc1. The molecule has 3 rings (SSSR count). The molecule has 0 bridgehead atoms. The molecule has 7 heteroatoms. The third kappa shape index (κ3) is 6.48. The average molecular weight is 456 g/mol. The highest BCUT2D eigenvalue weighted by Crippen LogP contribution is 2.27. The van der Waals surface area contributed by atoms with Crippen molar-refractivity contribution in [1.82, 2.24) is 5.43 Å². The van der Waals surface area contributed by atoms with Crippen LogP contribution in [0.5, 0.6) is 5.75 Å². The fraction of sp³-hybridized carbons (Fsp3) is 0.167. The number of hydrazone groups is 1. The number of carbonyl (C=O) groups is 1. The van der Waals surface area contributed by atoms with Crippen LogP contribution in [0.15, 0.2) is 59.7 Å². The van der Waals surface area contributed by atoms with Crippen LogP contribution in [0, 0.1) is 20.8 Å². The first-order chi connectivity index (χ1) is 14.8. The van der Waals surface area contributed by atoms with Crippen LogP contribution in [0.3, 0.4) is 0 Å². The van der Waals surface area contributed by atoms with Crippen molar-refractivity contribution in [2.45, 2.75) is 27.4 Å². The van der Waals surface area contributed by atoms with Crippen LogP contribution in [0.4, 0.5) is 10.5 Å². The second-order valence-corrected chi connectivity index (χ2v) is 8.03. The summed E-state index contributed by atoms with van der Waals surface area (Å²) in [6, 6.07) is 16.4. The van der Waals surface area contributed by atoms with Gasteiger partial charge in [0.05, 0.1) is 16.3 Å². The van der Waals surface area contributed by atoms with Crippen LogP contribution in [0.1, 0.15) is 27.8 Å². The van der Waals surface area contributed by atoms with Crippen molar-refractivity contribution < 1.29 is 9.53 Å². The van der Waals surface area contributed by atoms with Crippen LogP contribution in [0.2, 0.25) is 10.0 Å². The molecule has 5 nitrogen and oxygen atoms in total. The highest BCUT2D eigenvalue weighted by Gasteiger charge is 2.08. The molecular weight excluding hydrogens is 433 g/mol. The summed E-state index contributed by atoms with van der Waals surface area (Å²) in [6.45, 7) is 6.30. The molecule has 3 aromatic rings. The summed E-state index contributed by atoms with van der Waals surface area (Å²) < 4.78 is 5.99. The number of anilines is 1. The summed E-state index contributed by atoms with van der Waals surface area (Å²) in [5.74, 6) is 0.799. The zero-order valence-corrected chi connectivity index (χ0v) is 19.0. The summed E-state index contributed by atoms with van der Waals surface area (Å²) in [6.07, 6.45) is 1.59. The molecule has 2 N–H and O–H groups in total. The predicted octanol–water partition coefficient (Wildman–Crippen LogP) is 6.65. The van der Waals surface area contributed by atoms with E-state index >= 15 is 0 Å². The summed E-state index contributed by atoms with van der Waals surface area (Å²) in [7, 11) is 0. The lowest BCUT2D eigenvalue weighted by molar-refractivity contribution is 0.252. The largest absolute Gasteiger partial charge is 0.488 e. The molecule has 2 amide bonds. The molecule has 0 aromatic heterocycles. The van der Waals surface area contributed by atoms with Gasteiger partial charge in [-0.1, -0.05) is 47.0 Å². The molecule has 0 heterocycles. The molecule has 0 fully saturated rings. The van der Waals surface area contributed by atoms with Gasteiger partial charge in [-0.3, -0.25) is 0 Å². The molecule has 0 radical (unpaired) electrons. The number of hydrogen-bond donors (Lipinski definition) is 2. The van der Waals surface area contributed by atoms with Crippen molar-refractivity contribution >= 4 is 41.1 Å². The number of halogens is 2. The Morgan fingerprint density at radius 1 is 0.968 bits per heavy atom. The van der Waals surface area contributed by atoms with Crippen LogP contribution in [0.25, 0.3) is 0 Å². The maximum Gasteiger partial charge on any atom is 0.339 e. The number of rotatable bonds is 6. The van der Waals surface area contributed by atoms with E-state index in [0.29, 0.717) is 22.3 Å². The summed E-state index contributed by atoms with van der Waals surface area (Å²) in [5, 5.41) is 7.77. The van der Waals surface area contributed by atoms with E-state index in [1.54, 1.807) is 18.3 Å². The Morgan fingerprint density at radius 3 is 2.29 bits per heavy atom. The molecule has 0 atom stereocenters. The number of hydrogen-bond acceptors (Lipinski definition) is 3. The maximum atomic E-state index is 12.0. The third-order valence-corrected chi connectivity index (χ3v) is 5.28. The topological polar surface area (TPSA) is 62.7 Å². The highest BCUT2D eigenvalue weighted by molar-refractivity contribution is 6.42.